The summed E-state index contributed by atoms with van der Waals surface area (Å²) >= 11 is 0. The second kappa shape index (κ2) is 5.07. The highest BCUT2D eigenvalue weighted by atomic mass is 16.4. The van der Waals surface area contributed by atoms with E-state index in [0.717, 1.165) is 4.90 Å². The van der Waals surface area contributed by atoms with Crippen LogP contribution in [-0.4, -0.2) is 52.7 Å². The quantitative estimate of drug-likeness (QED) is 0.754. The van der Waals surface area contributed by atoms with Crippen LogP contribution in [0.2, 0.25) is 0 Å². The SMILES string of the molecule is O=C(O)c1cccc(N2CC(=O)N(CCO)C2=O)c1. The van der Waals surface area contributed by atoms with Crippen LogP contribution in [0.25, 0.3) is 0 Å². The zero-order valence-electron chi connectivity index (χ0n) is 9.94. The zero-order chi connectivity index (χ0) is 14.0. The number of carbonyl (C=O) groups excluding carboxylic acids is 2. The molecule has 0 unspecified atom stereocenters. The van der Waals surface area contributed by atoms with Crippen molar-refractivity contribution in [2.24, 2.45) is 0 Å². The molecule has 1 fully saturated rings. The lowest BCUT2D eigenvalue weighted by molar-refractivity contribution is -0.125. The van der Waals surface area contributed by atoms with E-state index in [2.05, 4.69) is 0 Å². The predicted octanol–water partition coefficient (Wildman–Crippen LogP) is 0.146. The first-order valence-electron chi connectivity index (χ1n) is 5.60. The Morgan fingerprint density at radius 2 is 2.05 bits per heavy atom. The summed E-state index contributed by atoms with van der Waals surface area (Å²) in [7, 11) is 0. The number of aliphatic hydroxyl groups is 1. The van der Waals surface area contributed by atoms with E-state index in [9.17, 15) is 14.4 Å². The molecule has 1 aromatic rings. The molecule has 2 rings (SSSR count). The number of carboxylic acids is 1. The molecule has 100 valence electrons. The maximum absolute atomic E-state index is 12.0. The fraction of sp³-hybridized carbons (Fsp3) is 0.250. The Bertz CT molecular complexity index is 543. The number of amides is 3. The highest BCUT2D eigenvalue weighted by molar-refractivity contribution is 6.12. The second-order valence-corrected chi connectivity index (χ2v) is 3.99. The summed E-state index contributed by atoms with van der Waals surface area (Å²) in [6.07, 6.45) is 0. The summed E-state index contributed by atoms with van der Waals surface area (Å²) in [4.78, 5) is 36.6. The molecule has 7 heteroatoms. The number of aliphatic hydroxyl groups excluding tert-OH is 1. The first kappa shape index (κ1) is 13.0. The van der Waals surface area contributed by atoms with Crippen LogP contribution in [0.5, 0.6) is 0 Å². The van der Waals surface area contributed by atoms with E-state index in [-0.39, 0.29) is 25.3 Å². The number of carboxylic acid groups (broad SMARTS) is 1. The first-order chi connectivity index (χ1) is 9.04. The van der Waals surface area contributed by atoms with E-state index >= 15 is 0 Å². The lowest BCUT2D eigenvalue weighted by atomic mass is 10.2. The Balaban J connectivity index is 2.28. The Hall–Kier alpha value is -2.41. The van der Waals surface area contributed by atoms with Gasteiger partial charge in [-0.15, -0.1) is 0 Å². The Labute approximate surface area is 108 Å². The number of imide groups is 1. The van der Waals surface area contributed by atoms with Gasteiger partial charge in [0.1, 0.15) is 6.54 Å². The van der Waals surface area contributed by atoms with Crippen molar-refractivity contribution in [2.45, 2.75) is 0 Å². The fourth-order valence-corrected chi connectivity index (χ4v) is 1.87. The van der Waals surface area contributed by atoms with Crippen molar-refractivity contribution in [3.63, 3.8) is 0 Å². The third-order valence-corrected chi connectivity index (χ3v) is 2.78. The van der Waals surface area contributed by atoms with Gasteiger partial charge in [0.05, 0.1) is 18.7 Å². The van der Waals surface area contributed by atoms with Crippen LogP contribution >= 0.6 is 0 Å². The molecule has 0 saturated carbocycles. The average Bonchev–Trinajstić information content (AvgIpc) is 2.67. The molecule has 0 atom stereocenters. The molecule has 7 nitrogen and oxygen atoms in total. The minimum absolute atomic E-state index is 0.0401. The number of hydrogen-bond donors (Lipinski definition) is 2. The highest BCUT2D eigenvalue weighted by Gasteiger charge is 2.36. The number of benzene rings is 1. The van der Waals surface area contributed by atoms with Gasteiger partial charge in [-0.05, 0) is 18.2 Å². The number of rotatable bonds is 4. The number of aromatic carboxylic acids is 1. The predicted molar refractivity (Wildman–Crippen MR) is 64.9 cm³/mol. The normalized spacial score (nSPS) is 15.2. The number of carbonyl (C=O) groups is 3. The van der Waals surface area contributed by atoms with Gasteiger partial charge in [0.2, 0.25) is 0 Å². The summed E-state index contributed by atoms with van der Waals surface area (Å²) in [6.45, 7) is -0.519. The molecule has 1 saturated heterocycles. The Morgan fingerprint density at radius 3 is 2.68 bits per heavy atom. The van der Waals surface area contributed by atoms with Gasteiger partial charge in [-0.1, -0.05) is 6.07 Å². The third-order valence-electron chi connectivity index (χ3n) is 2.78. The summed E-state index contributed by atoms with van der Waals surface area (Å²) in [5.74, 6) is -1.52. The van der Waals surface area contributed by atoms with Crippen molar-refractivity contribution in [3.05, 3.63) is 29.8 Å². The molecule has 1 aliphatic heterocycles. The summed E-state index contributed by atoms with van der Waals surface area (Å²) in [5.41, 5.74) is 0.386. The molecule has 1 heterocycles. The number of β-amino-alcohol motifs (C(OH)–C–C–N with tert-alkyl or cyclic N) is 1. The maximum Gasteiger partial charge on any atom is 0.335 e. The molecule has 2 N–H and O–H groups in total. The molecule has 0 radical (unpaired) electrons. The Kier molecular flexibility index (Phi) is 3.48. The number of nitrogens with zero attached hydrogens (tertiary/aromatic N) is 2. The van der Waals surface area contributed by atoms with Crippen molar-refractivity contribution in [3.8, 4) is 0 Å². The second-order valence-electron chi connectivity index (χ2n) is 3.99. The van der Waals surface area contributed by atoms with Crippen LogP contribution in [0.1, 0.15) is 10.4 Å². The minimum Gasteiger partial charge on any atom is -0.478 e. The van der Waals surface area contributed by atoms with E-state index < -0.39 is 17.9 Å². The molecule has 19 heavy (non-hydrogen) atoms. The van der Waals surface area contributed by atoms with Crippen molar-refractivity contribution in [1.82, 2.24) is 4.90 Å². The van der Waals surface area contributed by atoms with Crippen molar-refractivity contribution < 1.29 is 24.6 Å². The molecule has 1 aliphatic rings. The van der Waals surface area contributed by atoms with Gasteiger partial charge < -0.3 is 10.2 Å². The molecular weight excluding hydrogens is 252 g/mol. The van der Waals surface area contributed by atoms with E-state index in [1.165, 1.54) is 23.1 Å². The van der Waals surface area contributed by atoms with Crippen LogP contribution in [-0.2, 0) is 4.79 Å². The molecule has 0 aromatic heterocycles. The van der Waals surface area contributed by atoms with E-state index in [1.54, 1.807) is 6.07 Å². The van der Waals surface area contributed by atoms with E-state index in [1.807, 2.05) is 0 Å². The first-order valence-corrected chi connectivity index (χ1v) is 5.60. The van der Waals surface area contributed by atoms with Crippen molar-refractivity contribution in [2.75, 3.05) is 24.6 Å². The molecular formula is C12H12N2O5. The lowest BCUT2D eigenvalue weighted by Crippen LogP contribution is -2.35. The standard InChI is InChI=1S/C12H12N2O5/c15-5-4-13-10(16)7-14(12(13)19)9-3-1-2-8(6-9)11(17)18/h1-3,6,15H,4-5,7H2,(H,17,18). The largest absolute Gasteiger partial charge is 0.478 e. The van der Waals surface area contributed by atoms with Crippen molar-refractivity contribution >= 4 is 23.6 Å². The molecule has 0 bridgehead atoms. The zero-order valence-corrected chi connectivity index (χ0v) is 9.94. The maximum atomic E-state index is 12.0. The topological polar surface area (TPSA) is 98.2 Å². The number of anilines is 1. The molecule has 0 spiro atoms. The fourth-order valence-electron chi connectivity index (χ4n) is 1.87. The van der Waals surface area contributed by atoms with Gasteiger partial charge in [0, 0.05) is 5.69 Å². The lowest BCUT2D eigenvalue weighted by Gasteiger charge is -2.16. The number of hydrogen-bond acceptors (Lipinski definition) is 4. The van der Waals surface area contributed by atoms with Gasteiger partial charge in [-0.2, -0.15) is 0 Å². The van der Waals surface area contributed by atoms with Gasteiger partial charge in [0.25, 0.3) is 5.91 Å². The van der Waals surface area contributed by atoms with Crippen LogP contribution in [0.15, 0.2) is 24.3 Å². The van der Waals surface area contributed by atoms with Crippen molar-refractivity contribution in [1.29, 1.82) is 0 Å². The monoisotopic (exact) mass is 264 g/mol. The van der Waals surface area contributed by atoms with Gasteiger partial charge >= 0.3 is 12.0 Å². The minimum atomic E-state index is -1.10. The summed E-state index contributed by atoms with van der Waals surface area (Å²) < 4.78 is 0. The van der Waals surface area contributed by atoms with Gasteiger partial charge in [0.15, 0.2) is 0 Å². The summed E-state index contributed by atoms with van der Waals surface area (Å²) in [6, 6.07) is 5.24. The van der Waals surface area contributed by atoms with Gasteiger partial charge in [-0.3, -0.25) is 14.6 Å². The van der Waals surface area contributed by atoms with Crippen LogP contribution in [0, 0.1) is 0 Å². The van der Waals surface area contributed by atoms with E-state index in [0.29, 0.717) is 5.69 Å². The van der Waals surface area contributed by atoms with Crippen LogP contribution in [0.4, 0.5) is 10.5 Å². The molecule has 1 aromatic carbocycles. The van der Waals surface area contributed by atoms with Crippen LogP contribution in [0.3, 0.4) is 0 Å². The average molecular weight is 264 g/mol. The smallest absolute Gasteiger partial charge is 0.335 e. The van der Waals surface area contributed by atoms with E-state index in [4.69, 9.17) is 10.2 Å². The molecule has 0 aliphatic carbocycles. The number of urea groups is 1. The van der Waals surface area contributed by atoms with Gasteiger partial charge in [-0.25, -0.2) is 9.59 Å². The van der Waals surface area contributed by atoms with Crippen LogP contribution < -0.4 is 4.90 Å². The summed E-state index contributed by atoms with van der Waals surface area (Å²) in [5, 5.41) is 17.7. The Morgan fingerprint density at radius 1 is 1.32 bits per heavy atom. The highest BCUT2D eigenvalue weighted by Crippen LogP contribution is 2.22. The third kappa shape index (κ3) is 2.41. The molecule has 3 amide bonds.